The summed E-state index contributed by atoms with van der Waals surface area (Å²) >= 11 is 0. The van der Waals surface area contributed by atoms with E-state index in [0.29, 0.717) is 28.3 Å². The Kier molecular flexibility index (Phi) is 6.18. The number of aliphatic imine (C=N–C) groups is 1. The zero-order chi connectivity index (χ0) is 21.7. The summed E-state index contributed by atoms with van der Waals surface area (Å²) in [6, 6.07) is 16.3. The number of aromatic hydroxyl groups is 1. The molecular formula is C23H21N3O4. The first-order chi connectivity index (χ1) is 14.5. The van der Waals surface area contributed by atoms with Gasteiger partial charge in [-0.15, -0.1) is 0 Å². The molecule has 0 aliphatic heterocycles. The van der Waals surface area contributed by atoms with Crippen LogP contribution in [0.5, 0.6) is 17.4 Å². The maximum Gasteiger partial charge on any atom is 0.271 e. The highest BCUT2D eigenvalue weighted by Gasteiger charge is 2.18. The highest BCUT2D eigenvalue weighted by atomic mass is 16.5. The van der Waals surface area contributed by atoms with Gasteiger partial charge in [-0.25, -0.2) is 0 Å². The maximum absolute atomic E-state index is 12.7. The smallest absolute Gasteiger partial charge is 0.271 e. The molecule has 0 spiro atoms. The minimum Gasteiger partial charge on any atom is -0.497 e. The molecule has 0 atom stereocenters. The van der Waals surface area contributed by atoms with Crippen LogP contribution in [0.15, 0.2) is 58.3 Å². The van der Waals surface area contributed by atoms with Crippen molar-refractivity contribution in [2.75, 3.05) is 14.2 Å². The minimum atomic E-state index is -0.546. The molecule has 30 heavy (non-hydrogen) atoms. The van der Waals surface area contributed by atoms with E-state index in [4.69, 9.17) is 9.47 Å². The summed E-state index contributed by atoms with van der Waals surface area (Å²) in [5, 5.41) is 20.3. The fraction of sp³-hybridized carbons (Fsp3) is 0.174. The molecule has 0 bridgehead atoms. The lowest BCUT2D eigenvalue weighted by Crippen LogP contribution is -2.25. The third-order valence-corrected chi connectivity index (χ3v) is 4.75. The summed E-state index contributed by atoms with van der Waals surface area (Å²) in [6.07, 6.45) is 1.43. The van der Waals surface area contributed by atoms with Crippen LogP contribution >= 0.6 is 0 Å². The van der Waals surface area contributed by atoms with Gasteiger partial charge in [0.05, 0.1) is 26.3 Å². The van der Waals surface area contributed by atoms with Crippen LogP contribution in [0.3, 0.4) is 0 Å². The molecule has 0 aliphatic carbocycles. The Balaban J connectivity index is 2.11. The van der Waals surface area contributed by atoms with Crippen LogP contribution in [-0.2, 0) is 6.54 Å². The number of nitrogens with zero attached hydrogens (tertiary/aromatic N) is 3. The van der Waals surface area contributed by atoms with Gasteiger partial charge in [0.15, 0.2) is 0 Å². The van der Waals surface area contributed by atoms with E-state index >= 15 is 0 Å². The number of aromatic nitrogens is 1. The first-order valence-electron chi connectivity index (χ1n) is 9.16. The Hall–Kier alpha value is -4.05. The fourth-order valence-corrected chi connectivity index (χ4v) is 3.06. The van der Waals surface area contributed by atoms with E-state index in [-0.39, 0.29) is 18.0 Å². The van der Waals surface area contributed by atoms with Gasteiger partial charge < -0.3 is 14.6 Å². The van der Waals surface area contributed by atoms with Crippen LogP contribution in [0.1, 0.15) is 22.3 Å². The molecule has 1 heterocycles. The van der Waals surface area contributed by atoms with Crippen LogP contribution in [0.25, 0.3) is 0 Å². The van der Waals surface area contributed by atoms with Gasteiger partial charge in [-0.1, -0.05) is 30.3 Å². The Morgan fingerprint density at radius 1 is 1.17 bits per heavy atom. The average Bonchev–Trinajstić information content (AvgIpc) is 2.77. The third-order valence-electron chi connectivity index (χ3n) is 4.75. The standard InChI is InChI=1S/C23H21N3O4/c1-15-18(12-24)22(27)26(14-16-7-5-4-6-8-16)23(28)19(15)13-25-20-10-9-17(29-2)11-21(20)30-3/h4-11,13,28H,14H2,1-3H3. The second-order valence-electron chi connectivity index (χ2n) is 6.52. The third kappa shape index (κ3) is 4.03. The van der Waals surface area contributed by atoms with E-state index in [1.54, 1.807) is 32.2 Å². The molecule has 0 unspecified atom stereocenters. The monoisotopic (exact) mass is 403 g/mol. The van der Waals surface area contributed by atoms with Crippen molar-refractivity contribution in [2.45, 2.75) is 13.5 Å². The van der Waals surface area contributed by atoms with Crippen LogP contribution in [0.2, 0.25) is 0 Å². The number of nitriles is 1. The number of rotatable bonds is 6. The lowest BCUT2D eigenvalue weighted by Gasteiger charge is -2.14. The molecule has 0 saturated heterocycles. The Bertz CT molecular complexity index is 1190. The minimum absolute atomic E-state index is 0.0353. The first kappa shape index (κ1) is 20.7. The molecule has 152 valence electrons. The number of pyridine rings is 1. The molecule has 0 saturated carbocycles. The Morgan fingerprint density at radius 3 is 2.53 bits per heavy atom. The SMILES string of the molecule is COc1ccc(N=Cc2c(C)c(C#N)c(=O)n(Cc3ccccc3)c2O)c(OC)c1. The second kappa shape index (κ2) is 8.97. The van der Waals surface area contributed by atoms with Gasteiger partial charge in [-0.2, -0.15) is 5.26 Å². The van der Waals surface area contributed by atoms with Crippen LogP contribution in [0, 0.1) is 18.3 Å². The number of hydrogen-bond donors (Lipinski definition) is 1. The van der Waals surface area contributed by atoms with Gasteiger partial charge >= 0.3 is 0 Å². The van der Waals surface area contributed by atoms with Crippen molar-refractivity contribution in [3.05, 3.63) is 81.1 Å². The Morgan fingerprint density at radius 2 is 1.90 bits per heavy atom. The summed E-state index contributed by atoms with van der Waals surface area (Å²) in [7, 11) is 3.07. The lowest BCUT2D eigenvalue weighted by atomic mass is 10.1. The van der Waals surface area contributed by atoms with Crippen molar-refractivity contribution < 1.29 is 14.6 Å². The van der Waals surface area contributed by atoms with E-state index < -0.39 is 5.56 Å². The van der Waals surface area contributed by atoms with Crippen molar-refractivity contribution in [1.29, 1.82) is 5.26 Å². The van der Waals surface area contributed by atoms with Crippen LogP contribution < -0.4 is 15.0 Å². The van der Waals surface area contributed by atoms with E-state index in [9.17, 15) is 15.2 Å². The first-order valence-corrected chi connectivity index (χ1v) is 9.16. The van der Waals surface area contributed by atoms with Gasteiger partial charge in [0.25, 0.3) is 5.56 Å². The van der Waals surface area contributed by atoms with E-state index in [1.807, 2.05) is 36.4 Å². The average molecular weight is 403 g/mol. The lowest BCUT2D eigenvalue weighted by molar-refractivity contribution is 0.395. The zero-order valence-electron chi connectivity index (χ0n) is 16.9. The fourth-order valence-electron chi connectivity index (χ4n) is 3.06. The van der Waals surface area contributed by atoms with Crippen molar-refractivity contribution >= 4 is 11.9 Å². The normalized spacial score (nSPS) is 10.7. The molecule has 0 amide bonds. The molecule has 7 nitrogen and oxygen atoms in total. The highest BCUT2D eigenvalue weighted by Crippen LogP contribution is 2.32. The molecule has 0 fully saturated rings. The van der Waals surface area contributed by atoms with Crippen molar-refractivity contribution in [1.82, 2.24) is 4.57 Å². The molecular weight excluding hydrogens is 382 g/mol. The summed E-state index contributed by atoms with van der Waals surface area (Å²) in [4.78, 5) is 17.2. The highest BCUT2D eigenvalue weighted by molar-refractivity contribution is 5.88. The number of benzene rings is 2. The maximum atomic E-state index is 12.7. The van der Waals surface area contributed by atoms with Crippen molar-refractivity contribution in [3.8, 4) is 23.4 Å². The predicted octanol–water partition coefficient (Wildman–Crippen LogP) is 3.55. The topological polar surface area (TPSA) is 96.8 Å². The summed E-state index contributed by atoms with van der Waals surface area (Å²) in [5.41, 5.74) is 1.40. The molecule has 0 aliphatic rings. The van der Waals surface area contributed by atoms with Crippen molar-refractivity contribution in [3.63, 3.8) is 0 Å². The van der Waals surface area contributed by atoms with E-state index in [0.717, 1.165) is 5.56 Å². The Labute approximate surface area is 174 Å². The summed E-state index contributed by atoms with van der Waals surface area (Å²) in [6.45, 7) is 1.74. The molecule has 1 N–H and O–H groups in total. The van der Waals surface area contributed by atoms with Gasteiger partial charge in [0, 0.05) is 12.3 Å². The summed E-state index contributed by atoms with van der Waals surface area (Å²) < 4.78 is 11.7. The largest absolute Gasteiger partial charge is 0.497 e. The molecule has 3 rings (SSSR count). The van der Waals surface area contributed by atoms with Gasteiger partial charge in [0.2, 0.25) is 5.88 Å². The summed E-state index contributed by atoms with van der Waals surface area (Å²) in [5.74, 6) is 0.852. The van der Waals surface area contributed by atoms with E-state index in [1.165, 1.54) is 17.9 Å². The van der Waals surface area contributed by atoms with E-state index in [2.05, 4.69) is 4.99 Å². The van der Waals surface area contributed by atoms with Gasteiger partial charge in [0.1, 0.15) is 28.8 Å². The van der Waals surface area contributed by atoms with Gasteiger partial charge in [-0.3, -0.25) is 14.4 Å². The molecule has 7 heteroatoms. The molecule has 1 aromatic heterocycles. The quantitative estimate of drug-likeness (QED) is 0.635. The molecule has 3 aromatic rings. The predicted molar refractivity (Wildman–Crippen MR) is 114 cm³/mol. The molecule has 0 radical (unpaired) electrons. The molecule has 2 aromatic carbocycles. The van der Waals surface area contributed by atoms with Crippen LogP contribution in [0.4, 0.5) is 5.69 Å². The number of hydrogen-bond acceptors (Lipinski definition) is 6. The van der Waals surface area contributed by atoms with Gasteiger partial charge in [-0.05, 0) is 30.2 Å². The number of methoxy groups -OCH3 is 2. The van der Waals surface area contributed by atoms with Crippen LogP contribution in [-0.4, -0.2) is 30.1 Å². The number of ether oxygens (including phenoxy) is 2. The zero-order valence-corrected chi connectivity index (χ0v) is 16.9. The van der Waals surface area contributed by atoms with Crippen molar-refractivity contribution in [2.24, 2.45) is 4.99 Å². The second-order valence-corrected chi connectivity index (χ2v) is 6.52.